The van der Waals surface area contributed by atoms with Gasteiger partial charge in [-0.25, -0.2) is 0 Å². The zero-order valence-electron chi connectivity index (χ0n) is 22.0. The van der Waals surface area contributed by atoms with Gasteiger partial charge in [0.1, 0.15) is 29.5 Å². The molecule has 0 aliphatic carbocycles. The van der Waals surface area contributed by atoms with Crippen LogP contribution in [0.3, 0.4) is 0 Å². The molecule has 3 aromatic rings. The summed E-state index contributed by atoms with van der Waals surface area (Å²) in [5.74, 6) is 1.63. The van der Waals surface area contributed by atoms with E-state index in [0.717, 1.165) is 63.7 Å². The van der Waals surface area contributed by atoms with Crippen LogP contribution in [0.2, 0.25) is 0 Å². The Morgan fingerprint density at radius 1 is 1.03 bits per heavy atom. The molecule has 1 atom stereocenters. The summed E-state index contributed by atoms with van der Waals surface area (Å²) in [4.78, 5) is 27.0. The Balaban J connectivity index is 1.23. The van der Waals surface area contributed by atoms with Gasteiger partial charge in [0.05, 0.1) is 11.4 Å². The summed E-state index contributed by atoms with van der Waals surface area (Å²) in [7, 11) is 0. The number of benzene rings is 3. The number of nitrogens with zero attached hydrogens (tertiary/aromatic N) is 1. The summed E-state index contributed by atoms with van der Waals surface area (Å²) in [6.45, 7) is 8.52. The second kappa shape index (κ2) is 10.2. The van der Waals surface area contributed by atoms with Crippen molar-refractivity contribution in [1.82, 2.24) is 4.90 Å². The number of carbonyl (C=O) groups excluding carboxylic acids is 2. The number of aromatic hydroxyl groups is 1. The van der Waals surface area contributed by atoms with Crippen LogP contribution in [-0.2, 0) is 17.8 Å². The first-order chi connectivity index (χ1) is 18.1. The number of hydrogen-bond acceptors (Lipinski definition) is 6. The number of carbonyl (C=O) groups is 2. The van der Waals surface area contributed by atoms with Crippen LogP contribution in [0, 0.1) is 20.8 Å². The smallest absolute Gasteiger partial charge is 0.293 e. The topological polar surface area (TPSA) is 76.1 Å². The molecule has 38 heavy (non-hydrogen) atoms. The molecule has 1 N–H and O–H groups in total. The summed E-state index contributed by atoms with van der Waals surface area (Å²) in [5.41, 5.74) is 5.00. The third-order valence-corrected chi connectivity index (χ3v) is 8.28. The van der Waals surface area contributed by atoms with Gasteiger partial charge >= 0.3 is 0 Å². The Morgan fingerprint density at radius 2 is 1.74 bits per heavy atom. The average Bonchev–Trinajstić information content (AvgIpc) is 3.18. The molecule has 0 radical (unpaired) electrons. The maximum atomic E-state index is 12.8. The third-order valence-electron chi connectivity index (χ3n) is 7.37. The lowest BCUT2D eigenvalue weighted by atomic mass is 9.87. The number of hydrogen-bond donors (Lipinski definition) is 1. The average molecular weight is 530 g/mol. The van der Waals surface area contributed by atoms with Gasteiger partial charge < -0.3 is 14.6 Å². The Morgan fingerprint density at radius 3 is 2.45 bits per heavy atom. The fraction of sp³-hybridized carbons (Fsp3) is 0.290. The lowest BCUT2D eigenvalue weighted by Crippen LogP contribution is -2.42. The quantitative estimate of drug-likeness (QED) is 0.358. The molecule has 1 fully saturated rings. The molecule has 2 amide bonds. The predicted octanol–water partition coefficient (Wildman–Crippen LogP) is 6.72. The highest BCUT2D eigenvalue weighted by Gasteiger charge is 2.36. The van der Waals surface area contributed by atoms with Gasteiger partial charge in [0.2, 0.25) is 0 Å². The molecule has 0 aromatic heterocycles. The monoisotopic (exact) mass is 529 g/mol. The van der Waals surface area contributed by atoms with E-state index in [1.165, 1.54) is 4.90 Å². The molecule has 196 valence electrons. The first-order valence-corrected chi connectivity index (χ1v) is 13.5. The Bertz CT molecular complexity index is 1430. The number of rotatable bonds is 6. The van der Waals surface area contributed by atoms with Crippen molar-refractivity contribution < 1.29 is 24.2 Å². The van der Waals surface area contributed by atoms with E-state index >= 15 is 0 Å². The van der Waals surface area contributed by atoms with Crippen molar-refractivity contribution in [3.05, 3.63) is 92.9 Å². The van der Waals surface area contributed by atoms with Crippen molar-refractivity contribution >= 4 is 29.0 Å². The minimum absolute atomic E-state index is 0.261. The molecule has 0 saturated carbocycles. The highest BCUT2D eigenvalue weighted by atomic mass is 32.2. The molecule has 0 spiro atoms. The van der Waals surface area contributed by atoms with Gasteiger partial charge in [-0.2, -0.15) is 0 Å². The zero-order chi connectivity index (χ0) is 27.0. The molecule has 3 aromatic carbocycles. The largest absolute Gasteiger partial charge is 0.507 e. The predicted molar refractivity (Wildman–Crippen MR) is 150 cm³/mol. The van der Waals surface area contributed by atoms with Gasteiger partial charge in [0.15, 0.2) is 0 Å². The van der Waals surface area contributed by atoms with E-state index in [4.69, 9.17) is 9.47 Å². The molecular formula is C31H31NO5S. The summed E-state index contributed by atoms with van der Waals surface area (Å²) in [5, 5.41) is 10.2. The van der Waals surface area contributed by atoms with Crippen LogP contribution in [-0.4, -0.2) is 33.4 Å². The van der Waals surface area contributed by atoms with Gasteiger partial charge in [-0.15, -0.1) is 0 Å². The number of amides is 2. The van der Waals surface area contributed by atoms with E-state index in [1.54, 1.807) is 6.08 Å². The van der Waals surface area contributed by atoms with E-state index in [0.29, 0.717) is 23.0 Å². The second-order valence-electron chi connectivity index (χ2n) is 10.2. The minimum Gasteiger partial charge on any atom is -0.507 e. The minimum atomic E-state index is -0.496. The maximum Gasteiger partial charge on any atom is 0.293 e. The molecule has 0 bridgehead atoms. The van der Waals surface area contributed by atoms with Crippen molar-refractivity contribution in [3.8, 4) is 17.2 Å². The standard InChI is InChI=1S/C31H31NO5S/c1-19-20(2)28-25(21(3)27(19)33)14-15-31(4,37-28)18-36-24-12-10-22(11-13-24)16-26-29(34)32(30(35)38-26)17-23-8-6-5-7-9-23/h5-13,16,33H,14-15,17-18H2,1-4H3/b26-16-. The van der Waals surface area contributed by atoms with Crippen molar-refractivity contribution in [2.45, 2.75) is 52.7 Å². The number of thioether (sulfide) groups is 1. The molecule has 1 unspecified atom stereocenters. The summed E-state index contributed by atoms with van der Waals surface area (Å²) in [6.07, 6.45) is 3.33. The van der Waals surface area contributed by atoms with Gasteiger partial charge in [-0.05, 0) is 98.3 Å². The van der Waals surface area contributed by atoms with Crippen LogP contribution in [0.1, 0.15) is 46.7 Å². The molecule has 6 nitrogen and oxygen atoms in total. The summed E-state index contributed by atoms with van der Waals surface area (Å²) >= 11 is 0.962. The van der Waals surface area contributed by atoms with E-state index in [9.17, 15) is 14.7 Å². The fourth-order valence-electron chi connectivity index (χ4n) is 4.85. The van der Waals surface area contributed by atoms with Crippen LogP contribution in [0.25, 0.3) is 6.08 Å². The fourth-order valence-corrected chi connectivity index (χ4v) is 5.68. The zero-order valence-corrected chi connectivity index (χ0v) is 22.9. The first kappa shape index (κ1) is 25.9. The summed E-state index contributed by atoms with van der Waals surface area (Å²) in [6, 6.07) is 17.0. The van der Waals surface area contributed by atoms with Crippen molar-refractivity contribution in [3.63, 3.8) is 0 Å². The van der Waals surface area contributed by atoms with Crippen LogP contribution >= 0.6 is 11.8 Å². The van der Waals surface area contributed by atoms with E-state index in [2.05, 4.69) is 0 Å². The van der Waals surface area contributed by atoms with Crippen LogP contribution in [0.4, 0.5) is 4.79 Å². The van der Waals surface area contributed by atoms with Crippen molar-refractivity contribution in [2.75, 3.05) is 6.61 Å². The third kappa shape index (κ3) is 5.03. The van der Waals surface area contributed by atoms with E-state index < -0.39 is 5.60 Å². The Kier molecular flexibility index (Phi) is 6.97. The lowest BCUT2D eigenvalue weighted by Gasteiger charge is -2.37. The molecule has 2 aliphatic rings. The Labute approximate surface area is 227 Å². The van der Waals surface area contributed by atoms with Crippen LogP contribution < -0.4 is 9.47 Å². The normalized spacial score (nSPS) is 20.0. The van der Waals surface area contributed by atoms with Crippen LogP contribution in [0.15, 0.2) is 59.5 Å². The molecule has 2 heterocycles. The highest BCUT2D eigenvalue weighted by molar-refractivity contribution is 8.18. The van der Waals surface area contributed by atoms with Crippen molar-refractivity contribution in [1.29, 1.82) is 0 Å². The molecular weight excluding hydrogens is 498 g/mol. The van der Waals surface area contributed by atoms with Crippen LogP contribution in [0.5, 0.6) is 17.2 Å². The second-order valence-corrected chi connectivity index (χ2v) is 11.2. The molecule has 7 heteroatoms. The number of ether oxygens (including phenoxy) is 2. The number of fused-ring (bicyclic) bond motifs is 1. The SMILES string of the molecule is Cc1c(C)c2c(c(C)c1O)CCC(C)(COc1ccc(/C=C3\SC(=O)N(Cc4ccccc4)C3=O)cc1)O2. The highest BCUT2D eigenvalue weighted by Crippen LogP contribution is 2.43. The Hall–Kier alpha value is -3.71. The van der Waals surface area contributed by atoms with Crippen molar-refractivity contribution in [2.24, 2.45) is 0 Å². The first-order valence-electron chi connectivity index (χ1n) is 12.7. The lowest BCUT2D eigenvalue weighted by molar-refractivity contribution is -0.123. The van der Waals surface area contributed by atoms with Gasteiger partial charge in [0.25, 0.3) is 11.1 Å². The summed E-state index contributed by atoms with van der Waals surface area (Å²) < 4.78 is 12.6. The molecule has 2 aliphatic heterocycles. The molecule has 5 rings (SSSR count). The molecule has 1 saturated heterocycles. The maximum absolute atomic E-state index is 12.8. The van der Waals surface area contributed by atoms with Gasteiger partial charge in [-0.1, -0.05) is 42.5 Å². The number of phenols is 1. The number of phenolic OH excluding ortho intramolecular Hbond substituents is 1. The number of imide groups is 1. The van der Waals surface area contributed by atoms with Gasteiger partial charge in [0, 0.05) is 5.56 Å². The van der Waals surface area contributed by atoms with E-state index in [-0.39, 0.29) is 17.7 Å². The van der Waals surface area contributed by atoms with E-state index in [1.807, 2.05) is 82.3 Å². The van der Waals surface area contributed by atoms with Gasteiger partial charge in [-0.3, -0.25) is 14.5 Å².